The van der Waals surface area contributed by atoms with E-state index in [1.807, 2.05) is 55.5 Å². The topological polar surface area (TPSA) is 49.0 Å². The molecule has 0 saturated carbocycles. The van der Waals surface area contributed by atoms with E-state index in [1.165, 1.54) is 4.68 Å². The first-order valence-electron chi connectivity index (χ1n) is 7.02. The van der Waals surface area contributed by atoms with E-state index in [0.717, 1.165) is 22.6 Å². The fourth-order valence-electron chi connectivity index (χ4n) is 2.23. The van der Waals surface area contributed by atoms with Crippen LogP contribution in [0.25, 0.3) is 5.69 Å². The van der Waals surface area contributed by atoms with E-state index in [4.69, 9.17) is 4.74 Å². The van der Waals surface area contributed by atoms with Crippen molar-refractivity contribution >= 4 is 0 Å². The molecular weight excluding hydrogens is 278 g/mol. The summed E-state index contributed by atoms with van der Waals surface area (Å²) in [6.45, 7) is 2.45. The van der Waals surface area contributed by atoms with E-state index in [9.17, 15) is 4.79 Å². The van der Waals surface area contributed by atoms with Crippen molar-refractivity contribution in [3.05, 3.63) is 76.5 Å². The number of aromatic nitrogens is 3. The van der Waals surface area contributed by atoms with Crippen molar-refractivity contribution < 1.29 is 4.74 Å². The number of nitrogens with zero attached hydrogens (tertiary/aromatic N) is 3. The van der Waals surface area contributed by atoms with Gasteiger partial charge in [-0.1, -0.05) is 29.8 Å². The van der Waals surface area contributed by atoms with Crippen LogP contribution in [0.2, 0.25) is 0 Å². The van der Waals surface area contributed by atoms with E-state index < -0.39 is 0 Å². The third-order valence-corrected chi connectivity index (χ3v) is 3.54. The summed E-state index contributed by atoms with van der Waals surface area (Å²) in [4.78, 5) is 12.4. The van der Waals surface area contributed by atoms with Crippen molar-refractivity contribution in [2.45, 2.75) is 13.5 Å². The summed E-state index contributed by atoms with van der Waals surface area (Å²) in [5, 5.41) is 4.19. The summed E-state index contributed by atoms with van der Waals surface area (Å²) >= 11 is 0. The van der Waals surface area contributed by atoms with Crippen LogP contribution in [-0.4, -0.2) is 21.5 Å². The number of hydrogen-bond acceptors (Lipinski definition) is 3. The van der Waals surface area contributed by atoms with Crippen molar-refractivity contribution in [2.75, 3.05) is 7.11 Å². The number of rotatable bonds is 4. The van der Waals surface area contributed by atoms with Crippen molar-refractivity contribution in [3.63, 3.8) is 0 Å². The summed E-state index contributed by atoms with van der Waals surface area (Å²) in [6.07, 6.45) is 1.55. The quantitative estimate of drug-likeness (QED) is 0.742. The predicted molar refractivity (Wildman–Crippen MR) is 84.7 cm³/mol. The fraction of sp³-hybridized carbons (Fsp3) is 0.176. The lowest BCUT2D eigenvalue weighted by atomic mass is 10.2. The number of methoxy groups -OCH3 is 1. The highest BCUT2D eigenvalue weighted by Crippen LogP contribution is 2.12. The number of ether oxygens (including phenoxy) is 1. The van der Waals surface area contributed by atoms with Crippen LogP contribution in [0.1, 0.15) is 11.1 Å². The molecule has 112 valence electrons. The molecule has 0 aliphatic heterocycles. The van der Waals surface area contributed by atoms with Crippen LogP contribution in [0.15, 0.2) is 59.7 Å². The lowest BCUT2D eigenvalue weighted by Crippen LogP contribution is -2.24. The molecule has 0 spiro atoms. The van der Waals surface area contributed by atoms with Gasteiger partial charge in [0.05, 0.1) is 19.3 Å². The van der Waals surface area contributed by atoms with Gasteiger partial charge in [-0.05, 0) is 36.8 Å². The van der Waals surface area contributed by atoms with E-state index in [0.29, 0.717) is 6.54 Å². The highest BCUT2D eigenvalue weighted by Gasteiger charge is 2.07. The molecule has 0 atom stereocenters. The van der Waals surface area contributed by atoms with Gasteiger partial charge in [0.1, 0.15) is 12.1 Å². The van der Waals surface area contributed by atoms with Crippen molar-refractivity contribution in [1.29, 1.82) is 0 Å². The van der Waals surface area contributed by atoms with Crippen LogP contribution in [-0.2, 0) is 6.54 Å². The van der Waals surface area contributed by atoms with Crippen LogP contribution in [0.3, 0.4) is 0 Å². The van der Waals surface area contributed by atoms with Gasteiger partial charge >= 0.3 is 5.69 Å². The van der Waals surface area contributed by atoms with Crippen LogP contribution in [0.5, 0.6) is 5.75 Å². The zero-order valence-corrected chi connectivity index (χ0v) is 12.6. The van der Waals surface area contributed by atoms with Crippen molar-refractivity contribution in [2.24, 2.45) is 0 Å². The third-order valence-electron chi connectivity index (χ3n) is 3.54. The number of aryl methyl sites for hydroxylation is 1. The zero-order valence-electron chi connectivity index (χ0n) is 12.6. The third kappa shape index (κ3) is 2.79. The Bertz CT molecular complexity index is 814. The largest absolute Gasteiger partial charge is 0.497 e. The van der Waals surface area contributed by atoms with E-state index >= 15 is 0 Å². The normalized spacial score (nSPS) is 10.6. The minimum Gasteiger partial charge on any atom is -0.497 e. The van der Waals surface area contributed by atoms with Crippen LogP contribution in [0, 0.1) is 6.92 Å². The Labute approximate surface area is 128 Å². The van der Waals surface area contributed by atoms with Crippen molar-refractivity contribution in [3.8, 4) is 11.4 Å². The molecule has 0 aliphatic carbocycles. The number of benzene rings is 2. The Morgan fingerprint density at radius 2 is 1.73 bits per heavy atom. The van der Waals surface area contributed by atoms with Gasteiger partial charge in [-0.2, -0.15) is 5.10 Å². The van der Waals surface area contributed by atoms with Crippen LogP contribution in [0.4, 0.5) is 0 Å². The first-order valence-corrected chi connectivity index (χ1v) is 7.02. The first kappa shape index (κ1) is 14.1. The lowest BCUT2D eigenvalue weighted by molar-refractivity contribution is 0.414. The maximum absolute atomic E-state index is 12.4. The van der Waals surface area contributed by atoms with Gasteiger partial charge in [0.15, 0.2) is 0 Å². The fourth-order valence-corrected chi connectivity index (χ4v) is 2.23. The standard InChI is InChI=1S/C17H17N3O2/c1-13-3-7-15(8-4-13)19-12-18-20(17(19)21)11-14-5-9-16(22-2)10-6-14/h3-10,12H,11H2,1-2H3. The van der Waals surface area contributed by atoms with E-state index in [1.54, 1.807) is 18.0 Å². The second kappa shape index (κ2) is 5.89. The Balaban J connectivity index is 1.86. The molecule has 3 rings (SSSR count). The van der Waals surface area contributed by atoms with Gasteiger partial charge in [-0.25, -0.2) is 14.0 Å². The molecule has 2 aromatic carbocycles. The summed E-state index contributed by atoms with van der Waals surface area (Å²) < 4.78 is 8.12. The molecule has 5 heteroatoms. The van der Waals surface area contributed by atoms with Crippen LogP contribution >= 0.6 is 0 Å². The molecule has 0 amide bonds. The smallest absolute Gasteiger partial charge is 0.350 e. The molecule has 22 heavy (non-hydrogen) atoms. The minimum atomic E-state index is -0.153. The second-order valence-corrected chi connectivity index (χ2v) is 5.12. The van der Waals surface area contributed by atoms with E-state index in [-0.39, 0.29) is 5.69 Å². The average molecular weight is 295 g/mol. The summed E-state index contributed by atoms with van der Waals surface area (Å²) in [5.74, 6) is 0.793. The molecule has 5 nitrogen and oxygen atoms in total. The van der Waals surface area contributed by atoms with Gasteiger partial charge in [0, 0.05) is 0 Å². The molecule has 0 bridgehead atoms. The molecule has 1 heterocycles. The summed E-state index contributed by atoms with van der Waals surface area (Å²) in [7, 11) is 1.63. The highest BCUT2D eigenvalue weighted by molar-refractivity contribution is 5.33. The molecule has 3 aromatic rings. The maximum atomic E-state index is 12.4. The van der Waals surface area contributed by atoms with Gasteiger partial charge in [0.2, 0.25) is 0 Å². The Morgan fingerprint density at radius 3 is 2.36 bits per heavy atom. The predicted octanol–water partition coefficient (Wildman–Crippen LogP) is 2.40. The van der Waals surface area contributed by atoms with Gasteiger partial charge in [-0.3, -0.25) is 0 Å². The molecule has 0 saturated heterocycles. The van der Waals surface area contributed by atoms with Gasteiger partial charge < -0.3 is 4.74 Å². The molecule has 0 unspecified atom stereocenters. The van der Waals surface area contributed by atoms with Gasteiger partial charge in [0.25, 0.3) is 0 Å². The molecule has 0 N–H and O–H groups in total. The number of hydrogen-bond donors (Lipinski definition) is 0. The van der Waals surface area contributed by atoms with Crippen LogP contribution < -0.4 is 10.4 Å². The summed E-state index contributed by atoms with van der Waals surface area (Å²) in [5.41, 5.74) is 2.82. The second-order valence-electron chi connectivity index (χ2n) is 5.12. The molecule has 0 radical (unpaired) electrons. The zero-order chi connectivity index (χ0) is 15.5. The molecule has 0 fully saturated rings. The molecular formula is C17H17N3O2. The minimum absolute atomic E-state index is 0.153. The van der Waals surface area contributed by atoms with Crippen molar-refractivity contribution in [1.82, 2.24) is 14.3 Å². The first-order chi connectivity index (χ1) is 10.7. The maximum Gasteiger partial charge on any atom is 0.350 e. The molecule has 0 aliphatic rings. The Hall–Kier alpha value is -2.82. The lowest BCUT2D eigenvalue weighted by Gasteiger charge is -2.03. The van der Waals surface area contributed by atoms with Gasteiger partial charge in [-0.15, -0.1) is 0 Å². The Kier molecular flexibility index (Phi) is 3.78. The highest BCUT2D eigenvalue weighted by atomic mass is 16.5. The molecule has 1 aromatic heterocycles. The average Bonchev–Trinajstić information content (AvgIpc) is 2.90. The van der Waals surface area contributed by atoms with E-state index in [2.05, 4.69) is 5.10 Å². The monoisotopic (exact) mass is 295 g/mol. The Morgan fingerprint density at radius 1 is 1.05 bits per heavy atom. The SMILES string of the molecule is COc1ccc(Cn2ncn(-c3ccc(C)cc3)c2=O)cc1. The summed E-state index contributed by atoms with van der Waals surface area (Å²) in [6, 6.07) is 15.4.